The number of hydrogen-bond donors (Lipinski definition) is 1. The number of anilines is 3. The van der Waals surface area contributed by atoms with Gasteiger partial charge in [0.2, 0.25) is 0 Å². The molecule has 19 aromatic carbocycles. The molecule has 1 aliphatic heterocycles. The summed E-state index contributed by atoms with van der Waals surface area (Å²) in [5.41, 5.74) is 47.7. The molecule has 0 radical (unpaired) electrons. The Balaban J connectivity index is 0.928. The summed E-state index contributed by atoms with van der Waals surface area (Å²) in [6.07, 6.45) is 16.5. The molecule has 4 aromatic heterocycles. The second kappa shape index (κ2) is 31.2. The van der Waals surface area contributed by atoms with Crippen LogP contribution in [-0.2, 0) is 0 Å². The van der Waals surface area contributed by atoms with Crippen molar-refractivity contribution in [1.29, 1.82) is 0 Å². The van der Waals surface area contributed by atoms with Gasteiger partial charge in [0.15, 0.2) is 0 Å². The maximum atomic E-state index is 9.67. The van der Waals surface area contributed by atoms with Crippen LogP contribution in [0.25, 0.3) is 210 Å². The van der Waals surface area contributed by atoms with Crippen LogP contribution < -0.4 is 10.6 Å². The lowest BCUT2D eigenvalue weighted by molar-refractivity contribution is 0.744. The van der Waals surface area contributed by atoms with Crippen LogP contribution in [0.4, 0.5) is 17.1 Å². The highest BCUT2D eigenvalue weighted by molar-refractivity contribution is 6.21. The average Bonchev–Trinajstić information content (AvgIpc) is 1.50. The Morgan fingerprint density at radius 3 is 0.773 bits per heavy atom. The number of nitrogens with zero attached hydrogens (tertiary/aromatic N) is 5. The summed E-state index contributed by atoms with van der Waals surface area (Å²) in [6, 6.07) is 163. The molecule has 26 rings (SSSR count). The topological polar surface area (TPSA) is 49.0 Å². The number of nitrogens with two attached hydrogens (primary N) is 1. The summed E-state index contributed by atoms with van der Waals surface area (Å²) in [5.74, 6) is -0.200. The number of fused-ring (bicyclic) bond motifs is 15. The summed E-state index contributed by atoms with van der Waals surface area (Å²) in [4.78, 5) is 2.76. The van der Waals surface area contributed by atoms with Crippen molar-refractivity contribution in [3.63, 3.8) is 0 Å². The van der Waals surface area contributed by atoms with E-state index in [9.17, 15) is 5.73 Å². The van der Waals surface area contributed by atoms with E-state index in [4.69, 9.17) is 0 Å². The minimum atomic E-state index is -0.356. The second-order valence-electron chi connectivity index (χ2n) is 35.4. The van der Waals surface area contributed by atoms with E-state index in [0.29, 0.717) is 5.69 Å². The molecule has 2 unspecified atom stereocenters. The van der Waals surface area contributed by atoms with E-state index in [-0.39, 0.29) is 12.0 Å². The van der Waals surface area contributed by atoms with Crippen molar-refractivity contribution in [2.45, 2.75) is 24.8 Å². The Bertz CT molecular complexity index is 8430. The summed E-state index contributed by atoms with van der Waals surface area (Å²) in [5, 5.41) is 8.80. The van der Waals surface area contributed by atoms with Gasteiger partial charge in [-0.2, -0.15) is 0 Å². The number of aromatic nitrogens is 4. The highest BCUT2D eigenvalue weighted by Gasteiger charge is 2.45. The van der Waals surface area contributed by atoms with Crippen molar-refractivity contribution in [2.24, 2.45) is 0 Å². The van der Waals surface area contributed by atoms with Gasteiger partial charge in [-0.3, -0.25) is 0 Å². The molecule has 0 bridgehead atoms. The maximum Gasteiger partial charge on any atom is 0.0991 e. The van der Waals surface area contributed by atoms with E-state index in [2.05, 4.69) is 496 Å². The van der Waals surface area contributed by atoms with Crippen molar-refractivity contribution in [3.8, 4) is 112 Å². The van der Waals surface area contributed by atoms with Crippen LogP contribution in [0.2, 0.25) is 0 Å². The van der Waals surface area contributed by atoms with Crippen molar-refractivity contribution in [2.75, 3.05) is 10.6 Å². The van der Waals surface area contributed by atoms with Gasteiger partial charge in [0.05, 0.1) is 84.3 Å². The quantitative estimate of drug-likeness (QED) is 0.104. The maximum absolute atomic E-state index is 9.67. The summed E-state index contributed by atoms with van der Waals surface area (Å²) < 4.78 is 10.5. The molecular formula is C126H86N6. The molecule has 6 heteroatoms. The van der Waals surface area contributed by atoms with E-state index in [1.54, 1.807) is 0 Å². The smallest absolute Gasteiger partial charge is 0.0991 e. The molecule has 23 aromatic rings. The Morgan fingerprint density at radius 2 is 0.470 bits per heavy atom. The molecule has 2 aliphatic carbocycles. The molecule has 620 valence electrons. The van der Waals surface area contributed by atoms with Gasteiger partial charge in [0.1, 0.15) is 0 Å². The third kappa shape index (κ3) is 12.5. The monoisotopic (exact) mass is 1680 g/mol. The molecule has 3 aliphatic rings. The number of hydrogen-bond acceptors (Lipinski definition) is 2. The van der Waals surface area contributed by atoms with Gasteiger partial charge < -0.3 is 28.9 Å². The van der Waals surface area contributed by atoms with Gasteiger partial charge in [-0.25, -0.2) is 0 Å². The fourth-order valence-electron chi connectivity index (χ4n) is 21.8. The van der Waals surface area contributed by atoms with Crippen LogP contribution in [0, 0.1) is 0 Å². The first kappa shape index (κ1) is 76.2. The van der Waals surface area contributed by atoms with Gasteiger partial charge in [0, 0.05) is 54.7 Å². The first-order valence-electron chi connectivity index (χ1n) is 45.9. The predicted octanol–water partition coefficient (Wildman–Crippen LogP) is 33.0. The molecule has 0 saturated heterocycles. The minimum absolute atomic E-state index is 0.200. The fourth-order valence-corrected chi connectivity index (χ4v) is 21.8. The zero-order chi connectivity index (χ0) is 87.0. The zero-order valence-electron chi connectivity index (χ0n) is 72.4. The van der Waals surface area contributed by atoms with Gasteiger partial charge in [0.25, 0.3) is 0 Å². The fraction of sp³-hybridized carbons (Fsp3) is 0.0317. The lowest BCUT2D eigenvalue weighted by atomic mass is 9.85. The molecule has 0 saturated carbocycles. The van der Waals surface area contributed by atoms with Crippen LogP contribution in [0.5, 0.6) is 0 Å². The molecule has 0 spiro atoms. The predicted molar refractivity (Wildman–Crippen MR) is 557 cm³/mol. The Kier molecular flexibility index (Phi) is 18.0. The number of allylic oxidation sites excluding steroid dienone is 6. The third-order valence-corrected chi connectivity index (χ3v) is 28.0. The zero-order valence-corrected chi connectivity index (χ0v) is 72.4. The number of benzene rings is 19. The van der Waals surface area contributed by atoms with Crippen LogP contribution >= 0.6 is 0 Å². The molecule has 0 amide bonds. The van der Waals surface area contributed by atoms with Crippen molar-refractivity contribution >= 4 is 115 Å². The number of nitrogen functional groups attached to an aromatic ring is 1. The van der Waals surface area contributed by atoms with Crippen molar-refractivity contribution < 1.29 is 0 Å². The van der Waals surface area contributed by atoms with Crippen LogP contribution in [0.1, 0.15) is 35.4 Å². The average molecular weight is 1680 g/mol. The van der Waals surface area contributed by atoms with Crippen LogP contribution in [-0.4, -0.2) is 24.3 Å². The highest BCUT2D eigenvalue weighted by Crippen LogP contribution is 2.60. The van der Waals surface area contributed by atoms with Crippen LogP contribution in [0.15, 0.2) is 473 Å². The molecule has 0 fully saturated rings. The Labute approximate surface area is 765 Å². The van der Waals surface area contributed by atoms with E-state index >= 15 is 0 Å². The normalized spacial score (nSPS) is 14.2. The van der Waals surface area contributed by atoms with Crippen molar-refractivity contribution in [1.82, 2.24) is 18.3 Å². The SMILES string of the molecule is Nc1c(-n2c3ccc(-c4ccccc4)cc3c3cc(-c4ccccc4)ccc32)c(N2c3ccc(-c4ccccc4)cc3C3C=C(c4ccccc4)C=CC32)c(-n2c3ccc(-c4ccccc4)cc3c3cc(-c4ccccc4)ccc32)c(-n2c3ccc(-c4ccccc4)cc3c3cc(-c4ccccc4)ccc32)c1-n1c2ccc(C3=CCCC=C3)cc2c2cc(-c3ccccc3)ccc21. The van der Waals surface area contributed by atoms with E-state index in [1.165, 1.54) is 16.7 Å². The summed E-state index contributed by atoms with van der Waals surface area (Å²) in [6.45, 7) is 0. The van der Waals surface area contributed by atoms with E-state index in [1.807, 2.05) is 0 Å². The summed E-state index contributed by atoms with van der Waals surface area (Å²) in [7, 11) is 0. The first-order valence-corrected chi connectivity index (χ1v) is 45.9. The molecule has 6 nitrogen and oxygen atoms in total. The first-order chi connectivity index (χ1) is 65.4. The second-order valence-corrected chi connectivity index (χ2v) is 35.4. The highest BCUT2D eigenvalue weighted by atomic mass is 15.3. The van der Waals surface area contributed by atoms with E-state index < -0.39 is 0 Å². The molecular weight excluding hydrogens is 1600 g/mol. The largest absolute Gasteiger partial charge is 0.395 e. The van der Waals surface area contributed by atoms with Gasteiger partial charge in [-0.1, -0.05) is 364 Å². The van der Waals surface area contributed by atoms with Crippen LogP contribution in [0.3, 0.4) is 0 Å². The van der Waals surface area contributed by atoms with Gasteiger partial charge in [-0.15, -0.1) is 0 Å². The summed E-state index contributed by atoms with van der Waals surface area (Å²) >= 11 is 0. The van der Waals surface area contributed by atoms with Gasteiger partial charge in [-0.05, 0) is 239 Å². The lowest BCUT2D eigenvalue weighted by Gasteiger charge is -2.37. The molecule has 5 heterocycles. The minimum Gasteiger partial charge on any atom is -0.395 e. The third-order valence-electron chi connectivity index (χ3n) is 28.0. The molecule has 2 atom stereocenters. The lowest BCUT2D eigenvalue weighted by Crippen LogP contribution is -2.32. The van der Waals surface area contributed by atoms with E-state index in [0.717, 1.165) is 234 Å². The molecule has 2 N–H and O–H groups in total. The Hall–Kier alpha value is -17.1. The van der Waals surface area contributed by atoms with Gasteiger partial charge >= 0.3 is 0 Å². The number of rotatable bonds is 15. The van der Waals surface area contributed by atoms with Crippen molar-refractivity contribution in [3.05, 3.63) is 490 Å². The molecule has 132 heavy (non-hydrogen) atoms. The standard InChI is InChI=1S/C126H86N6/c127-121-122(128-111-61-51-91(81-31-11-1-12-32-81)71-101(111)102-72-92(52-62-112(102)128)82-33-13-2-14-34-82)124(130-115-65-55-95(85-39-19-5-20-40-85)75-105(115)106-76-96(56-66-116(106)130)86-41-21-6-22-42-86)126(132-119-69-59-99(89-47-27-9-28-48-89)79-109(119)110-80-100(60-70-120(110)132)90-49-29-10-30-50-90)125(131-117-67-57-97(87-43-23-7-24-44-87)77-107(117)108-78-98(58-68-118(108)131)88-45-25-8-26-46-88)123(121)129-113-63-53-93(83-35-15-3-16-36-83)73-103(113)104-74-94(54-64-114(104)129)84-37-17-4-18-38-84/h1-3,5-17,19-80,105,115H,4,18,127H2. The Morgan fingerprint density at radius 1 is 0.212 bits per heavy atom.